The van der Waals surface area contributed by atoms with Gasteiger partial charge in [-0.3, -0.25) is 9.59 Å². The molecule has 1 aromatic rings. The number of benzene rings is 1. The van der Waals surface area contributed by atoms with Crippen LogP contribution in [0.1, 0.15) is 6.92 Å². The molecule has 116 valence electrons. The topological polar surface area (TPSA) is 116 Å². The molecular formula is C12H15FN2O5S. The molecule has 21 heavy (non-hydrogen) atoms. The molecule has 0 saturated heterocycles. The zero-order chi connectivity index (χ0) is 16.2. The molecule has 9 heteroatoms. The summed E-state index contributed by atoms with van der Waals surface area (Å²) in [6, 6.07) is 3.44. The van der Waals surface area contributed by atoms with Crippen molar-refractivity contribution < 1.29 is 27.1 Å². The molecule has 0 aliphatic carbocycles. The summed E-state index contributed by atoms with van der Waals surface area (Å²) in [5.74, 6) is -3.37. The van der Waals surface area contributed by atoms with Crippen LogP contribution in [0.25, 0.3) is 0 Å². The van der Waals surface area contributed by atoms with Gasteiger partial charge in [0.25, 0.3) is 0 Å². The van der Waals surface area contributed by atoms with Gasteiger partial charge in [-0.1, -0.05) is 0 Å². The van der Waals surface area contributed by atoms with E-state index in [1.165, 1.54) is 6.07 Å². The molecule has 1 amide bonds. The fraction of sp³-hybridized carbons (Fsp3) is 0.333. The number of hydrogen-bond acceptors (Lipinski definition) is 6. The maximum Gasteiger partial charge on any atom is 0.320 e. The number of carbonyl (C=O) groups excluding carboxylic acids is 2. The number of hydrogen-bond donors (Lipinski definition) is 2. The van der Waals surface area contributed by atoms with Gasteiger partial charge in [-0.2, -0.15) is 0 Å². The first-order chi connectivity index (χ1) is 9.67. The Morgan fingerprint density at radius 2 is 2.05 bits per heavy atom. The van der Waals surface area contributed by atoms with E-state index in [-0.39, 0.29) is 11.4 Å². The number of nitrogen functional groups attached to an aromatic ring is 1. The van der Waals surface area contributed by atoms with Crippen molar-refractivity contribution in [1.29, 1.82) is 0 Å². The fourth-order valence-electron chi connectivity index (χ4n) is 1.38. The SMILES string of the molecule is COC(=O)CS(=O)(=O)C(C)C(=O)Nc1ccc(F)c(N)c1. The van der Waals surface area contributed by atoms with Crippen molar-refractivity contribution in [2.45, 2.75) is 12.2 Å². The number of anilines is 2. The third-order valence-corrected chi connectivity index (χ3v) is 4.65. The Bertz CT molecular complexity index is 660. The molecule has 0 bridgehead atoms. The van der Waals surface area contributed by atoms with Crippen molar-refractivity contribution in [3.05, 3.63) is 24.0 Å². The summed E-state index contributed by atoms with van der Waals surface area (Å²) in [6.45, 7) is 1.14. The Balaban J connectivity index is 2.83. The van der Waals surface area contributed by atoms with Gasteiger partial charge in [0.05, 0.1) is 12.8 Å². The van der Waals surface area contributed by atoms with Crippen LogP contribution in [0.5, 0.6) is 0 Å². The van der Waals surface area contributed by atoms with E-state index >= 15 is 0 Å². The molecule has 1 atom stereocenters. The van der Waals surface area contributed by atoms with Crippen LogP contribution < -0.4 is 11.1 Å². The number of amides is 1. The molecule has 1 aromatic carbocycles. The number of sulfone groups is 1. The lowest BCUT2D eigenvalue weighted by Crippen LogP contribution is -2.36. The van der Waals surface area contributed by atoms with Crippen molar-refractivity contribution in [2.75, 3.05) is 23.9 Å². The molecule has 0 aliphatic heterocycles. The largest absolute Gasteiger partial charge is 0.468 e. The van der Waals surface area contributed by atoms with E-state index in [9.17, 15) is 22.4 Å². The van der Waals surface area contributed by atoms with Crippen molar-refractivity contribution in [3.8, 4) is 0 Å². The molecule has 0 spiro atoms. The van der Waals surface area contributed by atoms with Crippen LogP contribution in [0.2, 0.25) is 0 Å². The van der Waals surface area contributed by atoms with Crippen LogP contribution in [0, 0.1) is 5.82 Å². The summed E-state index contributed by atoms with van der Waals surface area (Å²) in [6.07, 6.45) is 0. The van der Waals surface area contributed by atoms with E-state index in [0.717, 1.165) is 26.2 Å². The lowest BCUT2D eigenvalue weighted by molar-refractivity contribution is -0.137. The molecule has 1 rings (SSSR count). The zero-order valence-corrected chi connectivity index (χ0v) is 12.2. The second-order valence-electron chi connectivity index (χ2n) is 4.25. The molecule has 0 radical (unpaired) electrons. The summed E-state index contributed by atoms with van der Waals surface area (Å²) in [7, 11) is -2.96. The maximum atomic E-state index is 13.0. The summed E-state index contributed by atoms with van der Waals surface area (Å²) < 4.78 is 40.8. The monoisotopic (exact) mass is 318 g/mol. The van der Waals surface area contributed by atoms with Crippen LogP contribution in [-0.4, -0.2) is 38.4 Å². The third kappa shape index (κ3) is 4.42. The van der Waals surface area contributed by atoms with E-state index < -0.39 is 38.5 Å². The molecule has 1 unspecified atom stereocenters. The average molecular weight is 318 g/mol. The average Bonchev–Trinajstić information content (AvgIpc) is 2.41. The normalized spacial score (nSPS) is 12.5. The summed E-state index contributed by atoms with van der Waals surface area (Å²) in [5.41, 5.74) is 5.31. The predicted octanol–water partition coefficient (Wildman–Crippen LogP) is 0.323. The molecule has 7 nitrogen and oxygen atoms in total. The van der Waals surface area contributed by atoms with Gasteiger partial charge in [0.1, 0.15) is 16.8 Å². The van der Waals surface area contributed by atoms with Crippen LogP contribution in [-0.2, 0) is 24.2 Å². The maximum absolute atomic E-state index is 13.0. The minimum absolute atomic E-state index is 0.152. The smallest absolute Gasteiger partial charge is 0.320 e. The second-order valence-corrected chi connectivity index (χ2v) is 6.57. The molecule has 0 fully saturated rings. The summed E-state index contributed by atoms with van der Waals surface area (Å²) in [4.78, 5) is 22.9. The van der Waals surface area contributed by atoms with E-state index in [1.807, 2.05) is 0 Å². The zero-order valence-electron chi connectivity index (χ0n) is 11.4. The fourth-order valence-corrected chi connectivity index (χ4v) is 2.46. The Labute approximate surface area is 121 Å². The number of carbonyl (C=O) groups is 2. The Morgan fingerprint density at radius 1 is 1.43 bits per heavy atom. The number of rotatable bonds is 5. The number of nitrogens with two attached hydrogens (primary N) is 1. The van der Waals surface area contributed by atoms with Crippen LogP contribution >= 0.6 is 0 Å². The van der Waals surface area contributed by atoms with Crippen molar-refractivity contribution in [2.24, 2.45) is 0 Å². The quantitative estimate of drug-likeness (QED) is 0.597. The van der Waals surface area contributed by atoms with E-state index in [1.54, 1.807) is 0 Å². The standard InChI is InChI=1S/C12H15FN2O5S/c1-7(21(18,19)6-11(16)20-2)12(17)15-8-3-4-9(13)10(14)5-8/h3-5,7H,6,14H2,1-2H3,(H,15,17). The van der Waals surface area contributed by atoms with E-state index in [0.29, 0.717) is 0 Å². The molecule has 0 heterocycles. The molecule has 0 saturated carbocycles. The molecule has 0 aliphatic rings. The molecule has 0 aromatic heterocycles. The summed E-state index contributed by atoms with van der Waals surface area (Å²) >= 11 is 0. The molecule has 3 N–H and O–H groups in total. The van der Waals surface area contributed by atoms with Gasteiger partial charge in [-0.05, 0) is 25.1 Å². The minimum Gasteiger partial charge on any atom is -0.468 e. The number of ether oxygens (including phenoxy) is 1. The number of halogens is 1. The number of esters is 1. The first kappa shape index (κ1) is 16.9. The van der Waals surface area contributed by atoms with Gasteiger partial charge in [0.15, 0.2) is 9.84 Å². The van der Waals surface area contributed by atoms with Crippen LogP contribution in [0.15, 0.2) is 18.2 Å². The van der Waals surface area contributed by atoms with Crippen molar-refractivity contribution >= 4 is 33.1 Å². The second kappa shape index (κ2) is 6.53. The van der Waals surface area contributed by atoms with Crippen LogP contribution in [0.4, 0.5) is 15.8 Å². The number of methoxy groups -OCH3 is 1. The van der Waals surface area contributed by atoms with Crippen molar-refractivity contribution in [1.82, 2.24) is 0 Å². The van der Waals surface area contributed by atoms with Gasteiger partial charge >= 0.3 is 5.97 Å². The van der Waals surface area contributed by atoms with Gasteiger partial charge < -0.3 is 15.8 Å². The Morgan fingerprint density at radius 3 is 2.57 bits per heavy atom. The summed E-state index contributed by atoms with van der Waals surface area (Å²) in [5, 5.41) is 0.821. The highest BCUT2D eigenvalue weighted by Gasteiger charge is 2.30. The van der Waals surface area contributed by atoms with Gasteiger partial charge in [-0.15, -0.1) is 0 Å². The lowest BCUT2D eigenvalue weighted by atomic mass is 10.2. The number of nitrogens with one attached hydrogen (secondary N) is 1. The van der Waals surface area contributed by atoms with Gasteiger partial charge in [0, 0.05) is 5.69 Å². The highest BCUT2D eigenvalue weighted by Crippen LogP contribution is 2.17. The first-order valence-electron chi connectivity index (χ1n) is 5.81. The molecular weight excluding hydrogens is 303 g/mol. The lowest BCUT2D eigenvalue weighted by Gasteiger charge is -2.13. The highest BCUT2D eigenvalue weighted by molar-refractivity contribution is 7.93. The first-order valence-corrected chi connectivity index (χ1v) is 7.53. The highest BCUT2D eigenvalue weighted by atomic mass is 32.2. The predicted molar refractivity (Wildman–Crippen MR) is 74.7 cm³/mol. The van der Waals surface area contributed by atoms with Gasteiger partial charge in [0.2, 0.25) is 5.91 Å². The van der Waals surface area contributed by atoms with E-state index in [2.05, 4.69) is 10.1 Å². The van der Waals surface area contributed by atoms with Gasteiger partial charge in [-0.25, -0.2) is 12.8 Å². The minimum atomic E-state index is -4.00. The Hall–Kier alpha value is -2.16. The Kier molecular flexibility index (Phi) is 5.25. The van der Waals surface area contributed by atoms with Crippen LogP contribution in [0.3, 0.4) is 0 Å². The van der Waals surface area contributed by atoms with Crippen molar-refractivity contribution in [3.63, 3.8) is 0 Å². The third-order valence-electron chi connectivity index (χ3n) is 2.72. The van der Waals surface area contributed by atoms with E-state index in [4.69, 9.17) is 5.73 Å².